The van der Waals surface area contributed by atoms with Gasteiger partial charge in [0.2, 0.25) is 0 Å². The Bertz CT molecular complexity index is 33.9. The van der Waals surface area contributed by atoms with Gasteiger partial charge in [0.1, 0.15) is 0 Å². The van der Waals surface area contributed by atoms with E-state index in [1.807, 2.05) is 7.74 Å². The van der Waals surface area contributed by atoms with Crippen LogP contribution in [0.1, 0.15) is 0 Å². The van der Waals surface area contributed by atoms with E-state index in [1.54, 1.807) is 12.7 Å². The van der Waals surface area contributed by atoms with E-state index < -0.39 is 0 Å². The molecule has 5 heavy (non-hydrogen) atoms. The van der Waals surface area contributed by atoms with Crippen LogP contribution >= 0.6 is 0 Å². The molecule has 0 atom stereocenters. The Morgan fingerprint density at radius 2 is 2.60 bits per heavy atom. The summed E-state index contributed by atoms with van der Waals surface area (Å²) in [7, 11) is 2.03. The predicted molar refractivity (Wildman–Crippen MR) is 29.7 cm³/mol. The third-order valence-electron chi connectivity index (χ3n) is 0.341. The summed E-state index contributed by atoms with van der Waals surface area (Å²) >= 11 is 0. The van der Waals surface area contributed by atoms with Crippen LogP contribution in [-0.4, -0.2) is 32.9 Å². The van der Waals surface area contributed by atoms with Crippen LogP contribution in [0.25, 0.3) is 0 Å². The van der Waals surface area contributed by atoms with Crippen molar-refractivity contribution in [3.63, 3.8) is 0 Å². The van der Waals surface area contributed by atoms with E-state index in [1.165, 1.54) is 0 Å². The molecule has 0 radical (unpaired) electrons. The van der Waals surface area contributed by atoms with Crippen LogP contribution in [0.4, 0.5) is 0 Å². The topological polar surface area (TPSA) is 20.2 Å². The molecule has 24 valence electrons. The van der Waals surface area contributed by atoms with Crippen LogP contribution < -0.4 is 0 Å². The summed E-state index contributed by atoms with van der Waals surface area (Å²) in [6, 6.07) is 0. The van der Waals surface area contributed by atoms with Gasteiger partial charge in [-0.1, -0.05) is 0 Å². The molecule has 0 saturated heterocycles. The molecular formula is CH5B3O. The molecule has 0 aliphatic carbocycles. The van der Waals surface area contributed by atoms with Gasteiger partial charge >= 0.3 is 32.9 Å². The van der Waals surface area contributed by atoms with E-state index >= 15 is 0 Å². The Hall–Kier alpha value is 0.0248. The van der Waals surface area contributed by atoms with E-state index in [0.29, 0.717) is 0 Å². The van der Waals surface area contributed by atoms with E-state index in [2.05, 4.69) is 0 Å². The third kappa shape index (κ3) is 4.02. The van der Waals surface area contributed by atoms with Gasteiger partial charge in [0.05, 0.1) is 0 Å². The van der Waals surface area contributed by atoms with Crippen LogP contribution in [0.3, 0.4) is 0 Å². The molecule has 0 saturated carbocycles. The Morgan fingerprint density at radius 3 is 2.60 bits per heavy atom. The molecule has 1 N–H and O–H groups in total. The normalized spacial score (nSPS) is 7.40. The first-order valence-electron chi connectivity index (χ1n) is 1.64. The summed E-state index contributed by atoms with van der Waals surface area (Å²) in [5.41, 5.74) is 0. The van der Waals surface area contributed by atoms with E-state index in [0.717, 1.165) is 0 Å². The van der Waals surface area contributed by atoms with Gasteiger partial charge in [-0.2, -0.15) is 0 Å². The van der Waals surface area contributed by atoms with Gasteiger partial charge in [-0.05, 0) is 0 Å². The average molecular weight is 65.5 g/mol. The summed E-state index contributed by atoms with van der Waals surface area (Å²) in [6.45, 7) is 1.81. The Labute approximate surface area is 34.0 Å². The molecule has 0 unspecified atom stereocenters. The van der Waals surface area contributed by atoms with Crippen molar-refractivity contribution in [3.8, 4) is 0 Å². The zero-order valence-corrected chi connectivity index (χ0v) is 3.31. The van der Waals surface area contributed by atoms with Gasteiger partial charge in [-0.25, -0.2) is 0 Å². The van der Waals surface area contributed by atoms with Crippen molar-refractivity contribution in [3.05, 3.63) is 0 Å². The quantitative estimate of drug-likeness (QED) is 0.331. The third-order valence-corrected chi connectivity index (χ3v) is 0.341. The summed E-state index contributed by atoms with van der Waals surface area (Å²) in [6.07, 6.45) is 0. The van der Waals surface area contributed by atoms with E-state index in [4.69, 9.17) is 5.02 Å². The van der Waals surface area contributed by atoms with Crippen molar-refractivity contribution >= 4 is 27.9 Å². The maximum absolute atomic E-state index is 7.98. The maximum atomic E-state index is 7.98. The number of rotatable bonds is 1. The molecule has 0 spiro atoms. The fourth-order valence-electron chi connectivity index (χ4n) is 0.105. The monoisotopic (exact) mass is 66.1 g/mol. The van der Waals surface area contributed by atoms with Crippen molar-refractivity contribution < 1.29 is 5.02 Å². The fourth-order valence-corrected chi connectivity index (χ4v) is 0.105. The van der Waals surface area contributed by atoms with Crippen molar-refractivity contribution in [1.29, 1.82) is 0 Å². The van der Waals surface area contributed by atoms with Crippen LogP contribution in [0.2, 0.25) is 0 Å². The predicted octanol–water partition coefficient (Wildman–Crippen LogP) is -2.66. The van der Waals surface area contributed by atoms with Crippen molar-refractivity contribution in [1.82, 2.24) is 0 Å². The van der Waals surface area contributed by atoms with Gasteiger partial charge in [0.15, 0.2) is 0 Å². The molecule has 0 amide bonds. The first-order valence-corrected chi connectivity index (χ1v) is 1.64. The summed E-state index contributed by atoms with van der Waals surface area (Å²) in [5, 5.41) is 7.98. The van der Waals surface area contributed by atoms with Crippen molar-refractivity contribution in [2.24, 2.45) is 0 Å². The molecular weight excluding hydrogens is 60.4 g/mol. The summed E-state index contributed by atoms with van der Waals surface area (Å²) in [5.74, 6) is 1.68. The molecule has 0 aromatic heterocycles. The van der Waals surface area contributed by atoms with Crippen LogP contribution in [-0.2, 0) is 0 Å². The van der Waals surface area contributed by atoms with Crippen LogP contribution in [0.5, 0.6) is 0 Å². The minimum absolute atomic E-state index is 0.163. The van der Waals surface area contributed by atoms with Crippen LogP contribution in [0.15, 0.2) is 0 Å². The molecule has 0 bridgehead atoms. The van der Waals surface area contributed by atoms with Crippen molar-refractivity contribution in [2.45, 2.75) is 0 Å². The second kappa shape index (κ2) is 4.02. The standard InChI is InChI=1S/CH5B3O/c2-3-1-4-5/h1,4-5H,2H2. The first kappa shape index (κ1) is 5.02. The van der Waals surface area contributed by atoms with Gasteiger partial charge in [0.25, 0.3) is 0 Å². The van der Waals surface area contributed by atoms with E-state index in [-0.39, 0.29) is 7.48 Å². The van der Waals surface area contributed by atoms with Gasteiger partial charge in [0, 0.05) is 0 Å². The SMILES string of the molecule is B/B=C/BO. The second-order valence-electron chi connectivity index (χ2n) is 0.752. The molecule has 0 aliphatic rings. The minimum atomic E-state index is 0.163. The fraction of sp³-hybridized carbons (Fsp3) is 0. The molecule has 0 fully saturated rings. The zero-order valence-electron chi connectivity index (χ0n) is 3.31. The summed E-state index contributed by atoms with van der Waals surface area (Å²) < 4.78 is 0. The number of hydrogen-bond acceptors (Lipinski definition) is 1. The molecule has 0 aromatic carbocycles. The molecule has 0 aliphatic heterocycles. The van der Waals surface area contributed by atoms with Gasteiger partial charge < -0.3 is 0 Å². The van der Waals surface area contributed by atoms with Gasteiger partial charge in [-0.15, -0.1) is 0 Å². The summed E-state index contributed by atoms with van der Waals surface area (Å²) in [4.78, 5) is 0. The van der Waals surface area contributed by atoms with Crippen LogP contribution in [0, 0.1) is 0 Å². The Morgan fingerprint density at radius 1 is 2.00 bits per heavy atom. The molecule has 0 heterocycles. The Kier molecular flexibility index (Phi) is 4.04. The molecule has 0 aromatic rings. The molecule has 1 nitrogen and oxygen atoms in total. The zero-order chi connectivity index (χ0) is 4.12. The first-order chi connectivity index (χ1) is 2.41. The molecule has 4 heteroatoms. The van der Waals surface area contributed by atoms with Gasteiger partial charge in [-0.3, -0.25) is 0 Å². The van der Waals surface area contributed by atoms with E-state index in [9.17, 15) is 0 Å². The van der Waals surface area contributed by atoms with Crippen molar-refractivity contribution in [2.75, 3.05) is 0 Å². The second-order valence-corrected chi connectivity index (χ2v) is 0.752. The Balaban J connectivity index is 2.62. The average Bonchev–Trinajstić information content (AvgIpc) is 1.41. The molecule has 0 rings (SSSR count). The number of hydrogen-bond donors (Lipinski definition) is 1.